The number of nitrogens with zero attached hydrogens (tertiary/aromatic N) is 1. The summed E-state index contributed by atoms with van der Waals surface area (Å²) in [6, 6.07) is 8.74. The Balaban J connectivity index is 1.86. The molecule has 0 bridgehead atoms. The van der Waals surface area contributed by atoms with Crippen LogP contribution in [0.4, 0.5) is 0 Å². The van der Waals surface area contributed by atoms with Gasteiger partial charge in [0.25, 0.3) is 0 Å². The molecule has 3 heteroatoms. The van der Waals surface area contributed by atoms with E-state index in [1.807, 2.05) is 12.4 Å². The van der Waals surface area contributed by atoms with Gasteiger partial charge in [-0.3, -0.25) is 16.3 Å². The zero-order chi connectivity index (χ0) is 13.8. The molecule has 3 rings (SSSR count). The van der Waals surface area contributed by atoms with Crippen LogP contribution in [-0.4, -0.2) is 4.98 Å². The fraction of sp³-hybridized carbons (Fsp3) is 0.471. The van der Waals surface area contributed by atoms with Gasteiger partial charge >= 0.3 is 0 Å². The highest BCUT2D eigenvalue weighted by atomic mass is 15.2. The molecule has 1 aromatic carbocycles. The van der Waals surface area contributed by atoms with Crippen molar-refractivity contribution in [3.63, 3.8) is 0 Å². The lowest BCUT2D eigenvalue weighted by Crippen LogP contribution is -2.30. The van der Waals surface area contributed by atoms with Gasteiger partial charge < -0.3 is 0 Å². The van der Waals surface area contributed by atoms with Crippen molar-refractivity contribution in [2.75, 3.05) is 0 Å². The van der Waals surface area contributed by atoms with E-state index in [-0.39, 0.29) is 6.04 Å². The van der Waals surface area contributed by atoms with E-state index >= 15 is 0 Å². The normalized spacial score (nSPS) is 18.2. The molecule has 20 heavy (non-hydrogen) atoms. The van der Waals surface area contributed by atoms with Crippen molar-refractivity contribution in [3.8, 4) is 0 Å². The summed E-state index contributed by atoms with van der Waals surface area (Å²) in [5.41, 5.74) is 4.34. The molecule has 1 aromatic heterocycles. The van der Waals surface area contributed by atoms with Crippen LogP contribution in [0.2, 0.25) is 0 Å². The quantitative estimate of drug-likeness (QED) is 0.657. The second kappa shape index (κ2) is 6.33. The Morgan fingerprint density at radius 1 is 1.20 bits per heavy atom. The summed E-state index contributed by atoms with van der Waals surface area (Å²) in [6.45, 7) is 0. The van der Waals surface area contributed by atoms with Crippen LogP contribution in [0.15, 0.2) is 36.7 Å². The summed E-state index contributed by atoms with van der Waals surface area (Å²) in [5.74, 6) is 6.65. The third-order valence-corrected chi connectivity index (χ3v) is 4.58. The monoisotopic (exact) mass is 269 g/mol. The van der Waals surface area contributed by atoms with Gasteiger partial charge in [-0.2, -0.15) is 0 Å². The number of hydrogen-bond acceptors (Lipinski definition) is 3. The molecule has 1 atom stereocenters. The lowest BCUT2D eigenvalue weighted by Gasteiger charge is -2.27. The zero-order valence-corrected chi connectivity index (χ0v) is 11.9. The summed E-state index contributed by atoms with van der Waals surface area (Å²) in [6.07, 6.45) is 11.8. The number of rotatable bonds is 4. The summed E-state index contributed by atoms with van der Waals surface area (Å²) < 4.78 is 0. The molecule has 0 spiro atoms. The van der Waals surface area contributed by atoms with Gasteiger partial charge in [0, 0.05) is 23.8 Å². The molecule has 0 radical (unpaired) electrons. The van der Waals surface area contributed by atoms with Crippen molar-refractivity contribution in [3.05, 3.63) is 42.2 Å². The summed E-state index contributed by atoms with van der Waals surface area (Å²) in [4.78, 5) is 4.20. The third kappa shape index (κ3) is 2.84. The molecule has 1 aliphatic rings. The number of benzene rings is 1. The van der Waals surface area contributed by atoms with Crippen molar-refractivity contribution in [2.24, 2.45) is 11.8 Å². The smallest absolute Gasteiger partial charge is 0.0468 e. The highest BCUT2D eigenvalue weighted by Crippen LogP contribution is 2.33. The van der Waals surface area contributed by atoms with Gasteiger partial charge in [0.15, 0.2) is 0 Å². The maximum absolute atomic E-state index is 5.85. The van der Waals surface area contributed by atoms with Gasteiger partial charge in [0.05, 0.1) is 0 Å². The van der Waals surface area contributed by atoms with Crippen molar-refractivity contribution >= 4 is 10.8 Å². The number of nitrogens with one attached hydrogen (secondary N) is 1. The van der Waals surface area contributed by atoms with Crippen LogP contribution in [0.5, 0.6) is 0 Å². The third-order valence-electron chi connectivity index (χ3n) is 4.58. The van der Waals surface area contributed by atoms with Crippen molar-refractivity contribution < 1.29 is 0 Å². The second-order valence-electron chi connectivity index (χ2n) is 5.90. The Morgan fingerprint density at radius 2 is 2.05 bits per heavy atom. The molecule has 1 aliphatic carbocycles. The van der Waals surface area contributed by atoms with E-state index in [1.54, 1.807) is 0 Å². The number of hydrogen-bond donors (Lipinski definition) is 2. The minimum atomic E-state index is 0.240. The topological polar surface area (TPSA) is 50.9 Å². The van der Waals surface area contributed by atoms with E-state index in [1.165, 1.54) is 48.4 Å². The fourth-order valence-electron chi connectivity index (χ4n) is 3.49. The van der Waals surface area contributed by atoms with Gasteiger partial charge in [-0.15, -0.1) is 0 Å². The molecule has 1 unspecified atom stereocenters. The average Bonchev–Trinajstić information content (AvgIpc) is 2.53. The van der Waals surface area contributed by atoms with Crippen LogP contribution in [0, 0.1) is 5.92 Å². The number of aromatic nitrogens is 1. The van der Waals surface area contributed by atoms with E-state index < -0.39 is 0 Å². The molecule has 0 amide bonds. The number of pyridine rings is 1. The standard InChI is InChI=1S/C17H23N3/c18-20-17(11-13-5-2-1-3-6-13)16-8-4-7-14-12-19-10-9-15(14)16/h4,7-10,12-13,17,20H,1-3,5-6,11,18H2. The first kappa shape index (κ1) is 13.5. The lowest BCUT2D eigenvalue weighted by atomic mass is 9.83. The van der Waals surface area contributed by atoms with E-state index in [4.69, 9.17) is 5.84 Å². The molecular weight excluding hydrogens is 246 g/mol. The van der Waals surface area contributed by atoms with Crippen molar-refractivity contribution in [1.29, 1.82) is 0 Å². The largest absolute Gasteiger partial charge is 0.271 e. The Morgan fingerprint density at radius 3 is 2.85 bits per heavy atom. The molecule has 0 saturated heterocycles. The van der Waals surface area contributed by atoms with Gasteiger partial charge in [0.1, 0.15) is 0 Å². The first-order valence-electron chi connectivity index (χ1n) is 7.67. The Bertz CT molecular complexity index is 556. The molecule has 106 valence electrons. The SMILES string of the molecule is NNC(CC1CCCCC1)c1cccc2cnccc12. The van der Waals surface area contributed by atoms with E-state index in [0.717, 1.165) is 12.3 Å². The van der Waals surface area contributed by atoms with Crippen molar-refractivity contribution in [1.82, 2.24) is 10.4 Å². The minimum Gasteiger partial charge on any atom is -0.271 e. The molecule has 1 saturated carbocycles. The molecule has 0 aliphatic heterocycles. The highest BCUT2D eigenvalue weighted by molar-refractivity contribution is 5.85. The van der Waals surface area contributed by atoms with E-state index in [9.17, 15) is 0 Å². The van der Waals surface area contributed by atoms with Crippen LogP contribution in [0.3, 0.4) is 0 Å². The molecule has 3 N–H and O–H groups in total. The lowest BCUT2D eigenvalue weighted by molar-refractivity contribution is 0.302. The summed E-state index contributed by atoms with van der Waals surface area (Å²) in [7, 11) is 0. The minimum absolute atomic E-state index is 0.240. The predicted molar refractivity (Wildman–Crippen MR) is 83.0 cm³/mol. The average molecular weight is 269 g/mol. The molecule has 3 nitrogen and oxygen atoms in total. The van der Waals surface area contributed by atoms with Crippen LogP contribution in [-0.2, 0) is 0 Å². The highest BCUT2D eigenvalue weighted by Gasteiger charge is 2.20. The van der Waals surface area contributed by atoms with Gasteiger partial charge in [-0.1, -0.05) is 50.3 Å². The van der Waals surface area contributed by atoms with E-state index in [0.29, 0.717) is 0 Å². The maximum atomic E-state index is 5.85. The van der Waals surface area contributed by atoms with Gasteiger partial charge in [-0.05, 0) is 29.4 Å². The Hall–Kier alpha value is -1.45. The number of fused-ring (bicyclic) bond motifs is 1. The Kier molecular flexibility index (Phi) is 4.28. The maximum Gasteiger partial charge on any atom is 0.0468 e. The molecular formula is C17H23N3. The van der Waals surface area contributed by atoms with Gasteiger partial charge in [0.2, 0.25) is 0 Å². The van der Waals surface area contributed by atoms with Crippen LogP contribution in [0.1, 0.15) is 50.1 Å². The first-order valence-corrected chi connectivity index (χ1v) is 7.67. The molecule has 2 aromatic rings. The molecule has 1 heterocycles. The molecule has 1 fully saturated rings. The van der Waals surface area contributed by atoms with E-state index in [2.05, 4.69) is 34.7 Å². The van der Waals surface area contributed by atoms with Crippen LogP contribution >= 0.6 is 0 Å². The van der Waals surface area contributed by atoms with Crippen molar-refractivity contribution in [2.45, 2.75) is 44.6 Å². The van der Waals surface area contributed by atoms with Crippen LogP contribution in [0.25, 0.3) is 10.8 Å². The number of nitrogens with two attached hydrogens (primary N) is 1. The zero-order valence-electron chi connectivity index (χ0n) is 11.9. The first-order chi connectivity index (χ1) is 9.88. The Labute approximate surface area is 120 Å². The fourth-order valence-corrected chi connectivity index (χ4v) is 3.49. The predicted octanol–water partition coefficient (Wildman–Crippen LogP) is 3.71. The number of hydrazine groups is 1. The second-order valence-corrected chi connectivity index (χ2v) is 5.90. The van der Waals surface area contributed by atoms with Gasteiger partial charge in [-0.25, -0.2) is 0 Å². The van der Waals surface area contributed by atoms with Crippen LogP contribution < -0.4 is 11.3 Å². The summed E-state index contributed by atoms with van der Waals surface area (Å²) >= 11 is 0. The summed E-state index contributed by atoms with van der Waals surface area (Å²) in [5, 5.41) is 2.45.